The van der Waals surface area contributed by atoms with Crippen molar-refractivity contribution in [3.63, 3.8) is 0 Å². The number of hydrogen-bond donors (Lipinski definition) is 2. The van der Waals surface area contributed by atoms with Crippen LogP contribution >= 0.6 is 0 Å². The number of carbonyl (C=O) groups excluding carboxylic acids is 4. The Labute approximate surface area is 712 Å². The van der Waals surface area contributed by atoms with Gasteiger partial charge in [0, 0.05) is 5.56 Å². The predicted molar refractivity (Wildman–Crippen MR) is 479 cm³/mol. The van der Waals surface area contributed by atoms with Gasteiger partial charge in [0.2, 0.25) is 0 Å². The highest BCUT2D eigenvalue weighted by Gasteiger charge is 2.61. The molecule has 11 heteroatoms. The van der Waals surface area contributed by atoms with E-state index in [-0.39, 0.29) is 74.4 Å². The number of benzene rings is 5. The van der Waals surface area contributed by atoms with Crippen LogP contribution in [0.3, 0.4) is 0 Å². The molecule has 5 fully saturated rings. The van der Waals surface area contributed by atoms with Crippen molar-refractivity contribution < 1.29 is 53.2 Å². The lowest BCUT2D eigenvalue weighted by molar-refractivity contribution is -0.162. The molecule has 0 bridgehead atoms. The summed E-state index contributed by atoms with van der Waals surface area (Å²) < 4.78 is 15.5. The number of carboxylic acid groups (broad SMARTS) is 2. The number of Topliss-reactive ketones (excluding diaryl/α,β-unsaturated/α-hetero) is 1. The lowest BCUT2D eigenvalue weighted by Gasteiger charge is -2.54. The number of carboxylic acids is 2. The number of methoxy groups -OCH3 is 3. The minimum atomic E-state index is -0.867. The smallest absolute Gasteiger partial charge is 0.335 e. The van der Waals surface area contributed by atoms with Crippen molar-refractivity contribution in [3.05, 3.63) is 173 Å². The van der Waals surface area contributed by atoms with Gasteiger partial charge < -0.3 is 24.4 Å². The highest BCUT2D eigenvalue weighted by Crippen LogP contribution is 2.64. The van der Waals surface area contributed by atoms with Crippen molar-refractivity contribution in [3.8, 4) is 0 Å². The molecule has 0 spiro atoms. The number of rotatable bonds is 11. The molecule has 5 aromatic rings. The molecule has 0 aromatic heterocycles. The molecule has 15 rings (SSSR count). The summed E-state index contributed by atoms with van der Waals surface area (Å²) >= 11 is 0. The highest BCUT2D eigenvalue weighted by atomic mass is 16.5. The largest absolute Gasteiger partial charge is 0.481 e. The minimum Gasteiger partial charge on any atom is -0.481 e. The fourth-order valence-electron chi connectivity index (χ4n) is 27.5. The molecular weight excluding hydrogens is 1460 g/mol. The Morgan fingerprint density at radius 2 is 0.627 bits per heavy atom. The zero-order chi connectivity index (χ0) is 86.9. The van der Waals surface area contributed by atoms with Crippen LogP contribution in [0.1, 0.15) is 420 Å². The van der Waals surface area contributed by atoms with Gasteiger partial charge in [-0.3, -0.25) is 24.0 Å². The molecule has 646 valence electrons. The SMILES string of the molecule is CC(C)c1ccc2c(c1)CCC1C(C)(C(=O)O)CCCC21C.COC(=O)C1(C)CCCC2(C)c3cc(C(=O)O)c(C(C)C)cc3CCC12.COC(=O)C1(C)CCCC2(C)c3cc(C(C)=O)c(C(C)C)cc3CCC12.COC(=O)C1(C)CCCC2(C)c3ccc(C(C)C)cc3CCC12.Cc1cc2c(cc1C(C)C)CCC1C(C)(C)CCCC21C. The van der Waals surface area contributed by atoms with E-state index in [0.717, 1.165) is 150 Å². The number of aliphatic carboxylic acids is 1. The molecule has 5 saturated carbocycles. The maximum Gasteiger partial charge on any atom is 0.335 e. The monoisotopic (exact) mass is 1610 g/mol. The van der Waals surface area contributed by atoms with Crippen LogP contribution in [0.2, 0.25) is 0 Å². The first-order chi connectivity index (χ1) is 55.2. The number of ether oxygens (including phenoxy) is 3. The lowest BCUT2D eigenvalue weighted by Crippen LogP contribution is -2.52. The molecule has 10 aliphatic rings. The summed E-state index contributed by atoms with van der Waals surface area (Å²) in [6.07, 6.45) is 26.8. The molecule has 11 nitrogen and oxygen atoms in total. The quantitative estimate of drug-likeness (QED) is 0.0733. The van der Waals surface area contributed by atoms with Crippen molar-refractivity contribution in [1.29, 1.82) is 0 Å². The summed E-state index contributed by atoms with van der Waals surface area (Å²) in [6.45, 7) is 51.0. The molecule has 14 atom stereocenters. The van der Waals surface area contributed by atoms with Gasteiger partial charge in [-0.1, -0.05) is 210 Å². The lowest BCUT2D eigenvalue weighted by atomic mass is 9.49. The topological polar surface area (TPSA) is 171 Å². The van der Waals surface area contributed by atoms with Gasteiger partial charge in [-0.25, -0.2) is 4.79 Å². The standard InChI is InChI=1S/C23H32O3.C22H30O4.C21H30O2.C21H32.C20H28O2/c1-14(2)17-12-16-8-9-20-22(4,19(16)13-18(17)15(3)24)10-7-11-23(20,5)21(25)26-6;1-13(2)15-11-14-7-8-18-21(3,17(14)12-16(15)19(23)24)9-6-10-22(18,4)20(25)26-5;1-14(2)15-7-9-17-16(13-15)8-10-18-20(17,3)11-6-12-21(18,4)19(22)23-5;1-14(2)17-13-16-8-9-19-20(4,5)10-7-11-21(19,6)18(16)12-15(17)3;1-13(2)14-6-8-16-15(12-14)7-9-17-19(16,3)10-5-11-20(17,4)18(21)22/h12-14,20H,7-11H2,1-6H3;11-13,18H,6-10H2,1-5H3,(H,23,24);7,9,13-14,18H,6,8,10-12H2,1-5H3;12-14,19H,7-11H2,1-6H3;6,8,12-13,17H,5,7,9-11H2,1-4H3,(H,21,22). The van der Waals surface area contributed by atoms with Gasteiger partial charge in [-0.05, 0) is 363 Å². The first-order valence-corrected chi connectivity index (χ1v) is 46.1. The summed E-state index contributed by atoms with van der Waals surface area (Å²) in [7, 11) is 4.50. The number of carbonyl (C=O) groups is 6. The average molecular weight is 1610 g/mol. The van der Waals surface area contributed by atoms with E-state index in [1.54, 1.807) is 23.6 Å². The van der Waals surface area contributed by atoms with Gasteiger partial charge in [0.1, 0.15) is 0 Å². The molecule has 118 heavy (non-hydrogen) atoms. The van der Waals surface area contributed by atoms with Crippen molar-refractivity contribution in [2.45, 2.75) is 376 Å². The van der Waals surface area contributed by atoms with Gasteiger partial charge in [0.25, 0.3) is 0 Å². The Balaban J connectivity index is 0.000000145. The molecular formula is C107H152O11. The van der Waals surface area contributed by atoms with Crippen molar-refractivity contribution in [2.24, 2.45) is 56.7 Å². The third kappa shape index (κ3) is 16.3. The maximum atomic E-state index is 12.6. The molecule has 0 amide bonds. The second-order valence-corrected chi connectivity index (χ2v) is 43.3. The normalized spacial score (nSPS) is 31.7. The summed E-state index contributed by atoms with van der Waals surface area (Å²) in [5.41, 5.74) is 22.4. The second-order valence-electron chi connectivity index (χ2n) is 43.3. The molecule has 2 N–H and O–H groups in total. The van der Waals surface area contributed by atoms with Crippen molar-refractivity contribution in [2.75, 3.05) is 21.3 Å². The molecule has 0 saturated heterocycles. The summed E-state index contributed by atoms with van der Waals surface area (Å²) in [4.78, 5) is 73.9. The van der Waals surface area contributed by atoms with E-state index in [1.165, 1.54) is 115 Å². The summed E-state index contributed by atoms with van der Waals surface area (Å²) in [5, 5.41) is 19.6. The molecule has 0 heterocycles. The van der Waals surface area contributed by atoms with Crippen molar-refractivity contribution >= 4 is 35.6 Å². The summed E-state index contributed by atoms with van der Waals surface area (Å²) in [5.74, 6) is 2.62. The Kier molecular flexibility index (Phi) is 26.8. The Hall–Kier alpha value is -6.88. The van der Waals surface area contributed by atoms with E-state index in [9.17, 15) is 39.0 Å². The number of hydrogen-bond acceptors (Lipinski definition) is 9. The van der Waals surface area contributed by atoms with E-state index in [2.05, 4.69) is 191 Å². The van der Waals surface area contributed by atoms with Gasteiger partial charge >= 0.3 is 29.8 Å². The molecule has 10 aliphatic carbocycles. The maximum absolute atomic E-state index is 12.6. The van der Waals surface area contributed by atoms with Crippen LogP contribution in [0.5, 0.6) is 0 Å². The first kappa shape index (κ1) is 91.9. The van der Waals surface area contributed by atoms with Crippen LogP contribution in [-0.2, 0) is 92.6 Å². The van der Waals surface area contributed by atoms with Crippen molar-refractivity contribution in [1.82, 2.24) is 0 Å². The van der Waals surface area contributed by atoms with Crippen LogP contribution in [0.4, 0.5) is 0 Å². The Bertz CT molecular complexity index is 4470. The molecule has 5 aromatic carbocycles. The van der Waals surface area contributed by atoms with E-state index < -0.39 is 28.2 Å². The number of aromatic carboxylic acids is 1. The predicted octanol–water partition coefficient (Wildman–Crippen LogP) is 25.9. The third-order valence-corrected chi connectivity index (χ3v) is 34.1. The zero-order valence-electron chi connectivity index (χ0n) is 77.9. The van der Waals surface area contributed by atoms with Gasteiger partial charge in [-0.2, -0.15) is 0 Å². The van der Waals surface area contributed by atoms with Crippen LogP contribution in [0.25, 0.3) is 0 Å². The Morgan fingerprint density at radius 1 is 0.339 bits per heavy atom. The van der Waals surface area contributed by atoms with E-state index in [1.807, 2.05) is 33.8 Å². The number of aryl methyl sites for hydroxylation is 6. The van der Waals surface area contributed by atoms with E-state index in [0.29, 0.717) is 46.0 Å². The third-order valence-electron chi connectivity index (χ3n) is 34.1. The number of esters is 3. The van der Waals surface area contributed by atoms with Gasteiger partial charge in [0.05, 0.1) is 48.6 Å². The van der Waals surface area contributed by atoms with E-state index >= 15 is 0 Å². The van der Waals surface area contributed by atoms with E-state index in [4.69, 9.17) is 14.2 Å². The number of fused-ring (bicyclic) bond motifs is 15. The zero-order valence-corrected chi connectivity index (χ0v) is 77.9. The van der Waals surface area contributed by atoms with Gasteiger partial charge in [-0.15, -0.1) is 0 Å². The van der Waals surface area contributed by atoms with Crippen LogP contribution in [-0.4, -0.2) is 67.2 Å². The molecule has 14 unspecified atom stereocenters. The summed E-state index contributed by atoms with van der Waals surface area (Å²) in [6, 6.07) is 27.5. The minimum absolute atomic E-state index is 0.0179. The fourth-order valence-corrected chi connectivity index (χ4v) is 27.5. The van der Waals surface area contributed by atoms with Crippen LogP contribution in [0, 0.1) is 63.6 Å². The molecule has 0 radical (unpaired) electrons. The number of ketones is 1. The highest BCUT2D eigenvalue weighted by molar-refractivity contribution is 5.96. The molecule has 0 aliphatic heterocycles. The average Bonchev–Trinajstić information content (AvgIpc) is 0.740. The van der Waals surface area contributed by atoms with Gasteiger partial charge in [0.15, 0.2) is 5.78 Å². The fraction of sp³-hybridized carbons (Fsp3) is 0.664. The van der Waals surface area contributed by atoms with Crippen LogP contribution in [0.15, 0.2) is 72.8 Å². The second kappa shape index (κ2) is 34.4. The first-order valence-electron chi connectivity index (χ1n) is 46.1. The Morgan fingerprint density at radius 3 is 0.958 bits per heavy atom. The van der Waals surface area contributed by atoms with Crippen LogP contribution < -0.4 is 0 Å².